The number of carbonyl (C=O) groups is 1. The van der Waals surface area contributed by atoms with Gasteiger partial charge in [-0.1, -0.05) is 12.1 Å². The summed E-state index contributed by atoms with van der Waals surface area (Å²) in [5.74, 6) is 1.18. The number of nitrogens with one attached hydrogen (secondary N) is 1. The van der Waals surface area contributed by atoms with Crippen molar-refractivity contribution in [3.63, 3.8) is 0 Å². The number of hydrogen-bond donors (Lipinski definition) is 1. The zero-order valence-corrected chi connectivity index (χ0v) is 14.8. The molecule has 0 radical (unpaired) electrons. The van der Waals surface area contributed by atoms with E-state index in [1.807, 2.05) is 30.9 Å². The standard InChI is InChI=1S/C19H29N3O2/c1-15(2)24-17-7-5-16(6-8-17)18-13-20-9-12-22(18)14-19(23)21-10-3-4-11-21/h5-8,15,18,20H,3-4,9-14H2,1-2H3/t18-/m0/s1. The number of piperazine rings is 1. The van der Waals surface area contributed by atoms with Gasteiger partial charge in [0.15, 0.2) is 0 Å². The number of carbonyl (C=O) groups excluding carboxylic acids is 1. The molecule has 0 spiro atoms. The van der Waals surface area contributed by atoms with Gasteiger partial charge in [0.1, 0.15) is 5.75 Å². The number of likely N-dealkylation sites (tertiary alicyclic amines) is 1. The van der Waals surface area contributed by atoms with Crippen molar-refractivity contribution in [2.75, 3.05) is 39.3 Å². The summed E-state index contributed by atoms with van der Waals surface area (Å²) < 4.78 is 5.73. The van der Waals surface area contributed by atoms with Crippen LogP contribution in [0.2, 0.25) is 0 Å². The molecule has 1 atom stereocenters. The Morgan fingerprint density at radius 2 is 1.92 bits per heavy atom. The van der Waals surface area contributed by atoms with Crippen molar-refractivity contribution in [2.45, 2.75) is 38.8 Å². The quantitative estimate of drug-likeness (QED) is 0.897. The Balaban J connectivity index is 1.66. The van der Waals surface area contributed by atoms with Gasteiger partial charge in [0.25, 0.3) is 0 Å². The fourth-order valence-electron chi connectivity index (χ4n) is 3.55. The van der Waals surface area contributed by atoms with Crippen molar-refractivity contribution in [3.8, 4) is 5.75 Å². The minimum atomic E-state index is 0.182. The molecule has 132 valence electrons. The van der Waals surface area contributed by atoms with Gasteiger partial charge in [0, 0.05) is 38.8 Å². The molecule has 5 heteroatoms. The Kier molecular flexibility index (Phi) is 5.74. The molecule has 0 aliphatic carbocycles. The van der Waals surface area contributed by atoms with Crippen LogP contribution in [0.4, 0.5) is 0 Å². The number of amides is 1. The Bertz CT molecular complexity index is 538. The van der Waals surface area contributed by atoms with E-state index in [2.05, 4.69) is 22.3 Å². The molecule has 2 heterocycles. The molecule has 0 bridgehead atoms. The fourth-order valence-corrected chi connectivity index (χ4v) is 3.55. The van der Waals surface area contributed by atoms with Crippen LogP contribution in [0.3, 0.4) is 0 Å². The van der Waals surface area contributed by atoms with Crippen LogP contribution in [-0.4, -0.2) is 61.1 Å². The highest BCUT2D eigenvalue weighted by atomic mass is 16.5. The van der Waals surface area contributed by atoms with E-state index >= 15 is 0 Å². The van der Waals surface area contributed by atoms with E-state index in [4.69, 9.17) is 4.74 Å². The van der Waals surface area contributed by atoms with Crippen LogP contribution in [0.5, 0.6) is 5.75 Å². The van der Waals surface area contributed by atoms with E-state index in [-0.39, 0.29) is 18.1 Å². The third-order valence-corrected chi connectivity index (χ3v) is 4.79. The highest BCUT2D eigenvalue weighted by Crippen LogP contribution is 2.25. The predicted octanol–water partition coefficient (Wildman–Crippen LogP) is 2.04. The Hall–Kier alpha value is -1.59. The average Bonchev–Trinajstić information content (AvgIpc) is 3.10. The van der Waals surface area contributed by atoms with Gasteiger partial charge in [-0.15, -0.1) is 0 Å². The van der Waals surface area contributed by atoms with E-state index in [0.29, 0.717) is 6.54 Å². The molecule has 0 aromatic heterocycles. The fraction of sp³-hybridized carbons (Fsp3) is 0.632. The minimum absolute atomic E-state index is 0.182. The first kappa shape index (κ1) is 17.2. The molecule has 0 unspecified atom stereocenters. The largest absolute Gasteiger partial charge is 0.491 e. The van der Waals surface area contributed by atoms with Crippen molar-refractivity contribution < 1.29 is 9.53 Å². The molecule has 1 amide bonds. The van der Waals surface area contributed by atoms with Gasteiger partial charge < -0.3 is 15.0 Å². The highest BCUT2D eigenvalue weighted by molar-refractivity contribution is 5.78. The lowest BCUT2D eigenvalue weighted by Gasteiger charge is -2.36. The average molecular weight is 331 g/mol. The lowest BCUT2D eigenvalue weighted by atomic mass is 10.0. The number of nitrogens with zero attached hydrogens (tertiary/aromatic N) is 2. The van der Waals surface area contributed by atoms with E-state index < -0.39 is 0 Å². The molecule has 3 rings (SSSR count). The van der Waals surface area contributed by atoms with Gasteiger partial charge in [-0.2, -0.15) is 0 Å². The first-order valence-electron chi connectivity index (χ1n) is 9.12. The van der Waals surface area contributed by atoms with Crippen LogP contribution in [0.25, 0.3) is 0 Å². The third kappa shape index (κ3) is 4.28. The van der Waals surface area contributed by atoms with Gasteiger partial charge in [0.2, 0.25) is 5.91 Å². The summed E-state index contributed by atoms with van der Waals surface area (Å²) in [6.45, 7) is 9.18. The lowest BCUT2D eigenvalue weighted by Crippen LogP contribution is -2.49. The lowest BCUT2D eigenvalue weighted by molar-refractivity contribution is -0.132. The molecule has 0 saturated carbocycles. The Labute approximate surface area is 145 Å². The second-order valence-corrected chi connectivity index (χ2v) is 7.01. The van der Waals surface area contributed by atoms with E-state index in [1.165, 1.54) is 5.56 Å². The highest BCUT2D eigenvalue weighted by Gasteiger charge is 2.28. The molecule has 2 aliphatic heterocycles. The van der Waals surface area contributed by atoms with E-state index in [1.54, 1.807) is 0 Å². The molecule has 1 N–H and O–H groups in total. The maximum absolute atomic E-state index is 12.5. The van der Waals surface area contributed by atoms with E-state index in [9.17, 15) is 4.79 Å². The molecule has 24 heavy (non-hydrogen) atoms. The van der Waals surface area contributed by atoms with Gasteiger partial charge in [-0.25, -0.2) is 0 Å². The molecule has 2 saturated heterocycles. The summed E-state index contributed by atoms with van der Waals surface area (Å²) >= 11 is 0. The van der Waals surface area contributed by atoms with Crippen LogP contribution in [0, 0.1) is 0 Å². The smallest absolute Gasteiger partial charge is 0.236 e. The SMILES string of the molecule is CC(C)Oc1ccc([C@@H]2CNCCN2CC(=O)N2CCCC2)cc1. The summed E-state index contributed by atoms with van der Waals surface area (Å²) in [4.78, 5) is 16.8. The summed E-state index contributed by atoms with van der Waals surface area (Å²) in [6.07, 6.45) is 2.48. The van der Waals surface area contributed by atoms with Crippen molar-refractivity contribution in [2.24, 2.45) is 0 Å². The summed E-state index contributed by atoms with van der Waals surface area (Å²) in [6, 6.07) is 8.57. The number of hydrogen-bond acceptors (Lipinski definition) is 4. The second kappa shape index (κ2) is 7.99. The Morgan fingerprint density at radius 1 is 1.21 bits per heavy atom. The number of rotatable bonds is 5. The monoisotopic (exact) mass is 331 g/mol. The first-order chi connectivity index (χ1) is 11.6. The normalized spacial score (nSPS) is 22.1. The number of ether oxygens (including phenoxy) is 1. The zero-order valence-electron chi connectivity index (χ0n) is 14.8. The zero-order chi connectivity index (χ0) is 16.9. The van der Waals surface area contributed by atoms with Gasteiger partial charge in [-0.3, -0.25) is 9.69 Å². The third-order valence-electron chi connectivity index (χ3n) is 4.79. The molecular weight excluding hydrogens is 302 g/mol. The molecule has 1 aromatic rings. The molecule has 2 aliphatic rings. The summed E-state index contributed by atoms with van der Waals surface area (Å²) in [5.41, 5.74) is 1.24. The van der Waals surface area contributed by atoms with Crippen molar-refractivity contribution in [1.29, 1.82) is 0 Å². The molecule has 5 nitrogen and oxygen atoms in total. The maximum atomic E-state index is 12.5. The Morgan fingerprint density at radius 3 is 2.58 bits per heavy atom. The van der Waals surface area contributed by atoms with Gasteiger partial charge in [-0.05, 0) is 44.4 Å². The van der Waals surface area contributed by atoms with Crippen LogP contribution in [-0.2, 0) is 4.79 Å². The summed E-state index contributed by atoms with van der Waals surface area (Å²) in [5, 5.41) is 3.46. The van der Waals surface area contributed by atoms with Crippen LogP contribution in [0.15, 0.2) is 24.3 Å². The molecule has 2 fully saturated rings. The number of benzene rings is 1. The second-order valence-electron chi connectivity index (χ2n) is 7.01. The van der Waals surface area contributed by atoms with Crippen LogP contribution >= 0.6 is 0 Å². The predicted molar refractivity (Wildman–Crippen MR) is 95.2 cm³/mol. The maximum Gasteiger partial charge on any atom is 0.236 e. The molecular formula is C19H29N3O2. The van der Waals surface area contributed by atoms with Crippen molar-refractivity contribution in [3.05, 3.63) is 29.8 Å². The topological polar surface area (TPSA) is 44.8 Å². The van der Waals surface area contributed by atoms with Crippen LogP contribution in [0.1, 0.15) is 38.3 Å². The summed E-state index contributed by atoms with van der Waals surface area (Å²) in [7, 11) is 0. The van der Waals surface area contributed by atoms with Crippen molar-refractivity contribution in [1.82, 2.24) is 15.1 Å². The van der Waals surface area contributed by atoms with Gasteiger partial charge >= 0.3 is 0 Å². The van der Waals surface area contributed by atoms with Crippen molar-refractivity contribution >= 4 is 5.91 Å². The van der Waals surface area contributed by atoms with E-state index in [0.717, 1.165) is 51.3 Å². The first-order valence-corrected chi connectivity index (χ1v) is 9.12. The minimum Gasteiger partial charge on any atom is -0.491 e. The van der Waals surface area contributed by atoms with Crippen LogP contribution < -0.4 is 10.1 Å². The van der Waals surface area contributed by atoms with Gasteiger partial charge in [0.05, 0.1) is 12.6 Å². The molecule has 1 aromatic carbocycles.